The number of rotatable bonds is 5. The number of aromatic nitrogens is 2. The molecule has 0 saturated heterocycles. The summed E-state index contributed by atoms with van der Waals surface area (Å²) in [5.41, 5.74) is 0.784. The van der Waals surface area contributed by atoms with Gasteiger partial charge in [-0.05, 0) is 48.5 Å². The number of halogens is 1. The highest BCUT2D eigenvalue weighted by Crippen LogP contribution is 2.20. The van der Waals surface area contributed by atoms with E-state index in [-0.39, 0.29) is 11.5 Å². The fourth-order valence-corrected chi connectivity index (χ4v) is 2.71. The van der Waals surface area contributed by atoms with Crippen LogP contribution >= 0.6 is 11.6 Å². The molecule has 2 aromatic carbocycles. The number of hydrogen-bond donors (Lipinski definition) is 0. The van der Waals surface area contributed by atoms with E-state index >= 15 is 0 Å². The quantitative estimate of drug-likeness (QED) is 0.690. The molecule has 0 bridgehead atoms. The number of hydrogen-bond acceptors (Lipinski definition) is 6. The van der Waals surface area contributed by atoms with E-state index in [1.165, 1.54) is 12.1 Å². The summed E-state index contributed by atoms with van der Waals surface area (Å²) in [4.78, 5) is 4.47. The Kier molecular flexibility index (Phi) is 4.55. The molecule has 1 heterocycles. The highest BCUT2D eigenvalue weighted by molar-refractivity contribution is 7.90. The van der Waals surface area contributed by atoms with Crippen molar-refractivity contribution in [3.05, 3.63) is 59.4 Å². The van der Waals surface area contributed by atoms with Gasteiger partial charge < -0.3 is 9.26 Å². The van der Waals surface area contributed by atoms with Crippen molar-refractivity contribution in [2.45, 2.75) is 11.5 Å². The first-order valence-corrected chi connectivity index (χ1v) is 9.20. The Hall–Kier alpha value is -2.38. The van der Waals surface area contributed by atoms with Crippen LogP contribution in [0.4, 0.5) is 0 Å². The van der Waals surface area contributed by atoms with Crippen molar-refractivity contribution in [3.8, 4) is 17.1 Å². The smallest absolute Gasteiger partial charge is 0.264 e. The highest BCUT2D eigenvalue weighted by atomic mass is 35.5. The lowest BCUT2D eigenvalue weighted by atomic mass is 10.2. The normalized spacial score (nSPS) is 11.4. The van der Waals surface area contributed by atoms with Gasteiger partial charge in [-0.25, -0.2) is 8.42 Å². The summed E-state index contributed by atoms with van der Waals surface area (Å²) < 4.78 is 33.4. The predicted molar refractivity (Wildman–Crippen MR) is 88.6 cm³/mol. The summed E-state index contributed by atoms with van der Waals surface area (Å²) in [5, 5.41) is 4.51. The summed E-state index contributed by atoms with van der Waals surface area (Å²) in [6.07, 6.45) is 1.15. The van der Waals surface area contributed by atoms with Crippen LogP contribution in [0.2, 0.25) is 5.02 Å². The first-order chi connectivity index (χ1) is 11.4. The van der Waals surface area contributed by atoms with Crippen molar-refractivity contribution >= 4 is 21.4 Å². The Morgan fingerprint density at radius 3 is 2.38 bits per heavy atom. The third-order valence-corrected chi connectivity index (χ3v) is 4.57. The summed E-state index contributed by atoms with van der Waals surface area (Å²) in [5.74, 6) is 1.26. The maximum absolute atomic E-state index is 11.4. The Bertz CT molecular complexity index is 935. The molecular formula is C16H13ClN2O4S. The summed E-state index contributed by atoms with van der Waals surface area (Å²) >= 11 is 5.84. The van der Waals surface area contributed by atoms with E-state index in [1.54, 1.807) is 36.4 Å². The molecule has 0 aliphatic heterocycles. The molecule has 1 aromatic heterocycles. The lowest BCUT2D eigenvalue weighted by molar-refractivity contribution is 0.243. The van der Waals surface area contributed by atoms with Gasteiger partial charge >= 0.3 is 0 Å². The first-order valence-electron chi connectivity index (χ1n) is 6.93. The second kappa shape index (κ2) is 6.62. The van der Waals surface area contributed by atoms with Crippen LogP contribution in [0.15, 0.2) is 57.9 Å². The summed E-state index contributed by atoms with van der Waals surface area (Å²) in [6, 6.07) is 13.2. The highest BCUT2D eigenvalue weighted by Gasteiger charge is 2.10. The molecule has 0 saturated carbocycles. The molecule has 0 unspecified atom stereocenters. The van der Waals surface area contributed by atoms with Crippen LogP contribution in [0, 0.1) is 0 Å². The van der Waals surface area contributed by atoms with Gasteiger partial charge in [0, 0.05) is 16.8 Å². The largest absolute Gasteiger partial charge is 0.484 e. The summed E-state index contributed by atoms with van der Waals surface area (Å²) in [7, 11) is -3.22. The van der Waals surface area contributed by atoms with Crippen LogP contribution < -0.4 is 4.74 Å². The maximum Gasteiger partial charge on any atom is 0.264 e. The molecule has 0 aliphatic rings. The van der Waals surface area contributed by atoms with Crippen LogP contribution in [0.5, 0.6) is 5.75 Å². The van der Waals surface area contributed by atoms with Crippen molar-refractivity contribution in [1.82, 2.24) is 10.1 Å². The number of benzene rings is 2. The fourth-order valence-electron chi connectivity index (χ4n) is 1.96. The van der Waals surface area contributed by atoms with Crippen LogP contribution in [-0.2, 0) is 16.4 Å². The monoisotopic (exact) mass is 364 g/mol. The van der Waals surface area contributed by atoms with Crippen LogP contribution in [0.25, 0.3) is 11.4 Å². The molecule has 3 aromatic rings. The van der Waals surface area contributed by atoms with Crippen molar-refractivity contribution in [2.24, 2.45) is 0 Å². The van der Waals surface area contributed by atoms with Gasteiger partial charge in [0.1, 0.15) is 5.75 Å². The lowest BCUT2D eigenvalue weighted by Crippen LogP contribution is -1.98. The second-order valence-electron chi connectivity index (χ2n) is 5.05. The molecule has 8 heteroatoms. The predicted octanol–water partition coefficient (Wildman–Crippen LogP) is 3.37. The molecule has 0 atom stereocenters. The van der Waals surface area contributed by atoms with E-state index in [0.717, 1.165) is 11.8 Å². The standard InChI is InChI=1S/C16H13ClN2O4S/c1-24(20,21)14-8-6-13(7-9-14)22-10-15-18-16(19-23-15)11-2-4-12(17)5-3-11/h2-9H,10H2,1H3. The minimum Gasteiger partial charge on any atom is -0.484 e. The molecule has 6 nitrogen and oxygen atoms in total. The Morgan fingerprint density at radius 1 is 1.08 bits per heavy atom. The van der Waals surface area contributed by atoms with Gasteiger partial charge in [0.25, 0.3) is 5.89 Å². The van der Waals surface area contributed by atoms with Gasteiger partial charge in [-0.15, -0.1) is 0 Å². The van der Waals surface area contributed by atoms with Gasteiger partial charge in [-0.1, -0.05) is 16.8 Å². The molecule has 0 spiro atoms. The van der Waals surface area contributed by atoms with Gasteiger partial charge in [0.05, 0.1) is 4.90 Å². The average Bonchev–Trinajstić information content (AvgIpc) is 3.02. The third kappa shape index (κ3) is 3.93. The van der Waals surface area contributed by atoms with E-state index in [4.69, 9.17) is 20.9 Å². The molecule has 124 valence electrons. The van der Waals surface area contributed by atoms with Gasteiger partial charge in [-0.2, -0.15) is 4.98 Å². The molecule has 3 rings (SSSR count). The zero-order valence-electron chi connectivity index (χ0n) is 12.6. The Labute approximate surface area is 144 Å². The van der Waals surface area contributed by atoms with Crippen molar-refractivity contribution in [3.63, 3.8) is 0 Å². The molecule has 0 fully saturated rings. The summed E-state index contributed by atoms with van der Waals surface area (Å²) in [6.45, 7) is 0.0822. The molecule has 0 amide bonds. The van der Waals surface area contributed by atoms with Gasteiger partial charge in [-0.3, -0.25) is 0 Å². The Balaban J connectivity index is 1.66. The number of nitrogens with zero attached hydrogens (tertiary/aromatic N) is 2. The first kappa shape index (κ1) is 16.5. The van der Waals surface area contributed by atoms with E-state index in [0.29, 0.717) is 22.5 Å². The van der Waals surface area contributed by atoms with Crippen LogP contribution in [0.1, 0.15) is 5.89 Å². The SMILES string of the molecule is CS(=O)(=O)c1ccc(OCc2nc(-c3ccc(Cl)cc3)no2)cc1. The number of sulfone groups is 1. The second-order valence-corrected chi connectivity index (χ2v) is 7.50. The van der Waals surface area contributed by atoms with Crippen LogP contribution in [0.3, 0.4) is 0 Å². The maximum atomic E-state index is 11.4. The topological polar surface area (TPSA) is 82.3 Å². The third-order valence-electron chi connectivity index (χ3n) is 3.18. The van der Waals surface area contributed by atoms with E-state index in [2.05, 4.69) is 10.1 Å². The Morgan fingerprint density at radius 2 is 1.75 bits per heavy atom. The van der Waals surface area contributed by atoms with E-state index < -0.39 is 9.84 Å². The van der Waals surface area contributed by atoms with E-state index in [9.17, 15) is 8.42 Å². The van der Waals surface area contributed by atoms with Crippen molar-refractivity contribution < 1.29 is 17.7 Å². The van der Waals surface area contributed by atoms with Gasteiger partial charge in [0.2, 0.25) is 5.82 Å². The average molecular weight is 365 g/mol. The lowest BCUT2D eigenvalue weighted by Gasteiger charge is -2.04. The molecular weight excluding hydrogens is 352 g/mol. The zero-order valence-corrected chi connectivity index (χ0v) is 14.2. The molecule has 0 N–H and O–H groups in total. The van der Waals surface area contributed by atoms with Crippen LogP contribution in [-0.4, -0.2) is 24.8 Å². The minimum absolute atomic E-state index is 0.0822. The minimum atomic E-state index is -3.22. The molecule has 24 heavy (non-hydrogen) atoms. The molecule has 0 radical (unpaired) electrons. The number of ether oxygens (including phenoxy) is 1. The van der Waals surface area contributed by atoms with E-state index in [1.807, 2.05) is 0 Å². The molecule has 0 aliphatic carbocycles. The zero-order chi connectivity index (χ0) is 17.2. The van der Waals surface area contributed by atoms with Gasteiger partial charge in [0.15, 0.2) is 16.4 Å². The van der Waals surface area contributed by atoms with Crippen molar-refractivity contribution in [2.75, 3.05) is 6.26 Å². The fraction of sp³-hybridized carbons (Fsp3) is 0.125. The van der Waals surface area contributed by atoms with Crippen molar-refractivity contribution in [1.29, 1.82) is 0 Å².